The van der Waals surface area contributed by atoms with Crippen LogP contribution in [0.1, 0.15) is 162 Å². The zero-order valence-corrected chi connectivity index (χ0v) is 41.8. The summed E-state index contributed by atoms with van der Waals surface area (Å²) in [6, 6.07) is 1.98. The number of hydrogen-bond donors (Lipinski definition) is 5. The van der Waals surface area contributed by atoms with Crippen LogP contribution in [0.25, 0.3) is 0 Å². The van der Waals surface area contributed by atoms with Gasteiger partial charge in [-0.25, -0.2) is 0 Å². The maximum atomic E-state index is 9.57. The monoisotopic (exact) mass is 843 g/mol. The molecule has 0 bridgehead atoms. The van der Waals surface area contributed by atoms with E-state index in [1.165, 1.54) is 58.3 Å². The third-order valence-corrected chi connectivity index (χ3v) is 12.7. The van der Waals surface area contributed by atoms with E-state index >= 15 is 0 Å². The molecule has 0 aliphatic carbocycles. The average molecular weight is 843 g/mol. The van der Waals surface area contributed by atoms with Gasteiger partial charge in [0, 0.05) is 93.5 Å². The van der Waals surface area contributed by atoms with E-state index in [-0.39, 0.29) is 41.6 Å². The lowest BCUT2D eigenvalue weighted by atomic mass is 9.93. The molecule has 59 heavy (non-hydrogen) atoms. The Morgan fingerprint density at radius 1 is 0.373 bits per heavy atom. The molecular weight excluding hydrogens is 741 g/mol. The molecule has 354 valence electrons. The number of rotatable bonds is 3. The van der Waals surface area contributed by atoms with Crippen LogP contribution in [0.15, 0.2) is 0 Å². The van der Waals surface area contributed by atoms with Gasteiger partial charge in [-0.2, -0.15) is 0 Å². The zero-order valence-electron chi connectivity index (χ0n) is 41.8. The normalized spacial score (nSPS) is 28.6. The smallest absolute Gasteiger partial charge is 0.0794 e. The lowest BCUT2D eigenvalue weighted by Crippen LogP contribution is -2.53. The van der Waals surface area contributed by atoms with Gasteiger partial charge in [0.2, 0.25) is 0 Å². The predicted molar refractivity (Wildman–Crippen MR) is 250 cm³/mol. The molecule has 6 fully saturated rings. The van der Waals surface area contributed by atoms with Crippen molar-refractivity contribution in [3.63, 3.8) is 0 Å². The molecule has 0 saturated carbocycles. The van der Waals surface area contributed by atoms with Crippen LogP contribution < -0.4 is 0 Å². The first-order valence-electron chi connectivity index (χ1n) is 24.0. The summed E-state index contributed by atoms with van der Waals surface area (Å²) >= 11 is 0. The zero-order chi connectivity index (χ0) is 45.3. The van der Waals surface area contributed by atoms with Gasteiger partial charge in [0.15, 0.2) is 0 Å². The van der Waals surface area contributed by atoms with E-state index in [0.29, 0.717) is 43.1 Å². The number of β-amino-alcohol motifs (C(OH)–C–C–N with tert-alkyl or cyclic N) is 5. The summed E-state index contributed by atoms with van der Waals surface area (Å²) in [5.41, 5.74) is 0.651. The second-order valence-corrected chi connectivity index (χ2v) is 22.5. The molecule has 6 aliphatic rings. The second-order valence-electron chi connectivity index (χ2n) is 22.5. The fourth-order valence-electron chi connectivity index (χ4n) is 8.43. The molecule has 0 aromatic heterocycles. The van der Waals surface area contributed by atoms with E-state index in [1.807, 2.05) is 0 Å². The molecule has 11 heteroatoms. The Morgan fingerprint density at radius 3 is 1.02 bits per heavy atom. The molecule has 0 aromatic carbocycles. The summed E-state index contributed by atoms with van der Waals surface area (Å²) in [6.07, 6.45) is 8.55. The van der Waals surface area contributed by atoms with Crippen LogP contribution in [0.5, 0.6) is 0 Å². The number of piperidine rings is 3. The van der Waals surface area contributed by atoms with Crippen LogP contribution in [0.2, 0.25) is 0 Å². The minimum Gasteiger partial charge on any atom is -0.392 e. The summed E-state index contributed by atoms with van der Waals surface area (Å²) in [6.45, 7) is 47.5. The summed E-state index contributed by atoms with van der Waals surface area (Å²) in [5, 5.41) is 46.3. The van der Waals surface area contributed by atoms with Crippen LogP contribution in [-0.2, 0) is 0 Å². The minimum absolute atomic E-state index is 0.0440. The molecule has 6 rings (SSSR count). The Kier molecular flexibility index (Phi) is 25.9. The number of likely N-dealkylation sites (tertiary alicyclic amines) is 6. The Hall–Kier alpha value is -0.440. The van der Waals surface area contributed by atoms with Crippen LogP contribution in [0, 0.1) is 5.92 Å². The first-order chi connectivity index (χ1) is 27.1. The van der Waals surface area contributed by atoms with Crippen molar-refractivity contribution in [3.05, 3.63) is 0 Å². The Labute approximate surface area is 365 Å². The maximum Gasteiger partial charge on any atom is 0.0794 e. The predicted octanol–water partition coefficient (Wildman–Crippen LogP) is 5.99. The number of aliphatic hydroxyl groups is 5. The lowest BCUT2D eigenvalue weighted by molar-refractivity contribution is -0.0411. The summed E-state index contributed by atoms with van der Waals surface area (Å²) in [5.74, 6) is 0.632. The molecule has 11 nitrogen and oxygen atoms in total. The molecular formula is C48H102N6O5. The second kappa shape index (κ2) is 27.0. The fourth-order valence-corrected chi connectivity index (χ4v) is 8.43. The molecule has 0 radical (unpaired) electrons. The van der Waals surface area contributed by atoms with Crippen molar-refractivity contribution in [3.8, 4) is 0 Å². The standard InChI is InChI=1S/C10H21NO.C9H19NO2.C9H19N.C7H15NO.C7H15N.C6H13NO/c1-8-5-9(12)7-11(6-8)10(2,3)4;1-9(2,3)10-5-7(11)4-8(12)6-10;1-9(2,3)10-7-5-4-6-8-10;1-6(2)8-4-3-7(9)5-8;1-7(2)8-5-3-4-6-8;1-5(2)7-3-6(8)4-7/h8-9,12H,5-7H2,1-4H3;7-8,11-12H,4-6H2,1-3H3;4-8H2,1-3H3;6-7,9H,3-5H2,1-2H3;7H,3-6H2,1-2H3;5-6,8H,3-4H2,1-2H3/t8-,9+;7-,8-;;7-;;/m11.0../s1. The first kappa shape index (κ1) is 56.6. The van der Waals surface area contributed by atoms with Crippen molar-refractivity contribution in [1.82, 2.24) is 29.4 Å². The topological polar surface area (TPSA) is 121 Å². The molecule has 0 spiro atoms. The largest absolute Gasteiger partial charge is 0.392 e. The summed E-state index contributed by atoms with van der Waals surface area (Å²) < 4.78 is 0. The van der Waals surface area contributed by atoms with E-state index < -0.39 is 0 Å². The van der Waals surface area contributed by atoms with Gasteiger partial charge in [0.05, 0.1) is 30.5 Å². The van der Waals surface area contributed by atoms with E-state index in [2.05, 4.69) is 140 Å². The Bertz CT molecular complexity index is 1000. The number of aliphatic hydroxyl groups excluding tert-OH is 5. The van der Waals surface area contributed by atoms with E-state index in [1.54, 1.807) is 0 Å². The molecule has 6 aliphatic heterocycles. The summed E-state index contributed by atoms with van der Waals surface area (Å²) in [4.78, 5) is 14.1. The van der Waals surface area contributed by atoms with Crippen LogP contribution >= 0.6 is 0 Å². The van der Waals surface area contributed by atoms with Crippen LogP contribution in [-0.4, -0.2) is 199 Å². The minimum atomic E-state index is -0.368. The van der Waals surface area contributed by atoms with E-state index in [9.17, 15) is 15.3 Å². The van der Waals surface area contributed by atoms with Crippen molar-refractivity contribution in [2.24, 2.45) is 5.92 Å². The highest BCUT2D eigenvalue weighted by molar-refractivity contribution is 4.87. The van der Waals surface area contributed by atoms with Gasteiger partial charge in [-0.3, -0.25) is 24.5 Å². The van der Waals surface area contributed by atoms with Crippen molar-refractivity contribution in [1.29, 1.82) is 0 Å². The number of nitrogens with zero attached hydrogens (tertiary/aromatic N) is 6. The van der Waals surface area contributed by atoms with Gasteiger partial charge in [0.1, 0.15) is 0 Å². The molecule has 0 aromatic rings. The fraction of sp³-hybridized carbons (Fsp3) is 1.00. The Morgan fingerprint density at radius 2 is 0.746 bits per heavy atom. The van der Waals surface area contributed by atoms with Gasteiger partial charge in [-0.1, -0.05) is 13.3 Å². The molecule has 5 atom stereocenters. The Balaban J connectivity index is 0.000000356. The lowest BCUT2D eigenvalue weighted by Gasteiger charge is -2.42. The molecule has 5 N–H and O–H groups in total. The SMILES string of the molecule is CC(C)(C)N1CCCCC1.CC(C)(C)N1C[C@H](O)C[C@@H](O)C1.CC(C)N1CC(O)C1.CC(C)N1CCCC1.CC(C)N1CC[C@H](O)C1.C[C@@H]1C[C@H](O)CN(C(C)(C)C)C1. The van der Waals surface area contributed by atoms with E-state index in [0.717, 1.165) is 58.2 Å². The first-order valence-corrected chi connectivity index (χ1v) is 24.0. The van der Waals surface area contributed by atoms with Crippen molar-refractivity contribution >= 4 is 0 Å². The highest BCUT2D eigenvalue weighted by Gasteiger charge is 2.32. The molecule has 6 heterocycles. The molecule has 6 saturated heterocycles. The summed E-state index contributed by atoms with van der Waals surface area (Å²) in [7, 11) is 0. The van der Waals surface area contributed by atoms with Crippen LogP contribution in [0.3, 0.4) is 0 Å². The van der Waals surface area contributed by atoms with E-state index in [4.69, 9.17) is 10.2 Å². The van der Waals surface area contributed by atoms with Crippen molar-refractivity contribution in [2.75, 3.05) is 78.5 Å². The van der Waals surface area contributed by atoms with Crippen LogP contribution in [0.4, 0.5) is 0 Å². The average Bonchev–Trinajstić information content (AvgIpc) is 3.80. The highest BCUT2D eigenvalue weighted by Crippen LogP contribution is 2.24. The number of hydrogen-bond acceptors (Lipinski definition) is 11. The van der Waals surface area contributed by atoms with Gasteiger partial charge < -0.3 is 30.4 Å². The highest BCUT2D eigenvalue weighted by atomic mass is 16.3. The quantitative estimate of drug-likeness (QED) is 0.231. The third kappa shape index (κ3) is 24.3. The third-order valence-electron chi connectivity index (χ3n) is 12.7. The van der Waals surface area contributed by atoms with Crippen molar-refractivity contribution in [2.45, 2.75) is 227 Å². The van der Waals surface area contributed by atoms with Gasteiger partial charge >= 0.3 is 0 Å². The molecule has 0 unspecified atom stereocenters. The van der Waals surface area contributed by atoms with Gasteiger partial charge in [-0.05, 0) is 174 Å². The maximum absolute atomic E-state index is 9.57. The van der Waals surface area contributed by atoms with Gasteiger partial charge in [0.25, 0.3) is 0 Å². The van der Waals surface area contributed by atoms with Crippen molar-refractivity contribution < 1.29 is 25.5 Å². The van der Waals surface area contributed by atoms with Gasteiger partial charge in [-0.15, -0.1) is 0 Å². The molecule has 0 amide bonds.